The van der Waals surface area contributed by atoms with Crippen LogP contribution < -0.4 is 14.8 Å². The number of aromatic nitrogens is 4. The van der Waals surface area contributed by atoms with Gasteiger partial charge in [0.15, 0.2) is 17.3 Å². The van der Waals surface area contributed by atoms with Gasteiger partial charge in [-0.05, 0) is 23.4 Å². The van der Waals surface area contributed by atoms with Crippen LogP contribution in [0.15, 0.2) is 42.6 Å². The molecule has 0 amide bonds. The number of nitrogens with one attached hydrogen (secondary N) is 2. The van der Waals surface area contributed by atoms with Crippen molar-refractivity contribution in [2.24, 2.45) is 0 Å². The summed E-state index contributed by atoms with van der Waals surface area (Å²) in [7, 11) is 0. The van der Waals surface area contributed by atoms with E-state index in [1.807, 2.05) is 6.07 Å². The maximum absolute atomic E-state index is 13.2. The van der Waals surface area contributed by atoms with E-state index in [1.54, 1.807) is 36.4 Å². The first-order valence-corrected chi connectivity index (χ1v) is 8.88. The Kier molecular flexibility index (Phi) is 5.09. The van der Waals surface area contributed by atoms with Gasteiger partial charge in [-0.1, -0.05) is 23.7 Å². The van der Waals surface area contributed by atoms with Crippen LogP contribution in [0.3, 0.4) is 0 Å². The molecule has 1 aromatic heterocycles. The summed E-state index contributed by atoms with van der Waals surface area (Å²) in [6, 6.07) is 12.0. The van der Waals surface area contributed by atoms with Crippen molar-refractivity contribution in [3.63, 3.8) is 0 Å². The second kappa shape index (κ2) is 8.00. The third kappa shape index (κ3) is 3.74. The summed E-state index contributed by atoms with van der Waals surface area (Å²) in [6.45, 7) is 0.780. The summed E-state index contributed by atoms with van der Waals surface area (Å²) in [4.78, 5) is 13.2. The van der Waals surface area contributed by atoms with E-state index in [1.165, 1.54) is 6.20 Å². The van der Waals surface area contributed by atoms with E-state index in [0.717, 1.165) is 0 Å². The van der Waals surface area contributed by atoms with E-state index >= 15 is 0 Å². The number of halogens is 1. The van der Waals surface area contributed by atoms with E-state index in [9.17, 15) is 10.1 Å². The lowest BCUT2D eigenvalue weighted by atomic mass is 10.0. The first kappa shape index (κ1) is 18.5. The Hall–Kier alpha value is -3.90. The lowest BCUT2D eigenvalue weighted by Gasteiger charge is -2.21. The number of rotatable bonds is 5. The van der Waals surface area contributed by atoms with Gasteiger partial charge in [-0.2, -0.15) is 10.5 Å². The van der Waals surface area contributed by atoms with Crippen LogP contribution in [0.4, 0.5) is 5.69 Å². The van der Waals surface area contributed by atoms with Gasteiger partial charge in [-0.3, -0.25) is 4.79 Å². The average molecular weight is 409 g/mol. The van der Waals surface area contributed by atoms with E-state index < -0.39 is 0 Å². The molecule has 0 atom stereocenters. The molecule has 2 N–H and O–H groups in total. The molecule has 1 aliphatic heterocycles. The number of fused-ring (bicyclic) bond motifs is 1. The second-order valence-corrected chi connectivity index (χ2v) is 6.31. The zero-order valence-electron chi connectivity index (χ0n) is 14.8. The van der Waals surface area contributed by atoms with Gasteiger partial charge >= 0.3 is 0 Å². The number of carbonyl (C=O) groups is 1. The second-order valence-electron chi connectivity index (χ2n) is 5.90. The Morgan fingerprint density at radius 1 is 1.21 bits per heavy atom. The number of anilines is 1. The molecule has 29 heavy (non-hydrogen) atoms. The van der Waals surface area contributed by atoms with Crippen LogP contribution >= 0.6 is 11.6 Å². The molecule has 3 aromatic rings. The normalized spacial score (nSPS) is 12.9. The van der Waals surface area contributed by atoms with Gasteiger partial charge in [0.1, 0.15) is 24.9 Å². The number of tetrazole rings is 1. The van der Waals surface area contributed by atoms with E-state index in [2.05, 4.69) is 25.9 Å². The molecule has 0 aliphatic carbocycles. The summed E-state index contributed by atoms with van der Waals surface area (Å²) in [5.74, 6) is 0.763. The topological polar surface area (TPSA) is 126 Å². The minimum absolute atomic E-state index is 0.122. The fourth-order valence-corrected chi connectivity index (χ4v) is 2.98. The molecule has 0 radical (unpaired) electrons. The van der Waals surface area contributed by atoms with Crippen molar-refractivity contribution in [1.82, 2.24) is 20.6 Å². The molecule has 0 spiro atoms. The Morgan fingerprint density at radius 2 is 1.97 bits per heavy atom. The highest BCUT2D eigenvalue weighted by Gasteiger charge is 2.22. The maximum atomic E-state index is 13.2. The van der Waals surface area contributed by atoms with Gasteiger partial charge in [-0.15, -0.1) is 10.2 Å². The Bertz CT molecular complexity index is 1140. The number of nitrogens with zero attached hydrogens (tertiary/aromatic N) is 4. The van der Waals surface area contributed by atoms with Crippen molar-refractivity contribution in [2.75, 3.05) is 18.5 Å². The van der Waals surface area contributed by atoms with E-state index in [0.29, 0.717) is 46.5 Å². The minimum atomic E-state index is -0.304. The highest BCUT2D eigenvalue weighted by Crippen LogP contribution is 2.37. The lowest BCUT2D eigenvalue weighted by Crippen LogP contribution is -2.17. The van der Waals surface area contributed by atoms with Gasteiger partial charge in [-0.25, -0.2) is 0 Å². The lowest BCUT2D eigenvalue weighted by molar-refractivity contribution is 0.103. The van der Waals surface area contributed by atoms with Crippen molar-refractivity contribution >= 4 is 28.6 Å². The molecular weight excluding hydrogens is 396 g/mol. The third-order valence-corrected chi connectivity index (χ3v) is 4.45. The summed E-state index contributed by atoms with van der Waals surface area (Å²) in [5, 5.41) is 25.9. The molecule has 0 saturated carbocycles. The van der Waals surface area contributed by atoms with Crippen molar-refractivity contribution in [3.8, 4) is 17.6 Å². The first-order valence-electron chi connectivity index (χ1n) is 8.51. The number of carbonyl (C=O) groups excluding carboxylic acids is 1. The first-order chi connectivity index (χ1) is 14.2. The molecule has 0 bridgehead atoms. The zero-order valence-corrected chi connectivity index (χ0v) is 15.6. The van der Waals surface area contributed by atoms with E-state index in [4.69, 9.17) is 21.1 Å². The molecule has 9 nitrogen and oxygen atoms in total. The van der Waals surface area contributed by atoms with Gasteiger partial charge in [0, 0.05) is 17.8 Å². The molecule has 10 heteroatoms. The molecule has 4 rings (SSSR count). The summed E-state index contributed by atoms with van der Waals surface area (Å²) in [6.07, 6.45) is 1.39. The number of nitriles is 1. The number of benzene rings is 2. The minimum Gasteiger partial charge on any atom is -0.486 e. The number of ketones is 1. The predicted octanol–water partition coefficient (Wildman–Crippen LogP) is 2.83. The van der Waals surface area contributed by atoms with E-state index in [-0.39, 0.29) is 17.2 Å². The number of H-pyrrole nitrogens is 1. The molecular formula is C19H13ClN6O3. The SMILES string of the molecule is N#CC(=CNc1cc2c(cc1C(=O)c1ccccc1Cl)OCCO2)c1nn[nH]n1. The highest BCUT2D eigenvalue weighted by molar-refractivity contribution is 6.35. The van der Waals surface area contributed by atoms with Gasteiger partial charge in [0.05, 0.1) is 16.3 Å². The van der Waals surface area contributed by atoms with Gasteiger partial charge in [0.2, 0.25) is 5.82 Å². The quantitative estimate of drug-likeness (QED) is 0.487. The maximum Gasteiger partial charge on any atom is 0.216 e. The van der Waals surface area contributed by atoms with Crippen LogP contribution in [0.5, 0.6) is 11.5 Å². The molecule has 2 aromatic carbocycles. The van der Waals surface area contributed by atoms with Crippen molar-refractivity contribution in [1.29, 1.82) is 5.26 Å². The van der Waals surface area contributed by atoms with Crippen LogP contribution in [0.2, 0.25) is 5.02 Å². The third-order valence-electron chi connectivity index (χ3n) is 4.12. The fourth-order valence-electron chi connectivity index (χ4n) is 2.76. The van der Waals surface area contributed by atoms with Crippen LogP contribution in [-0.4, -0.2) is 39.6 Å². The smallest absolute Gasteiger partial charge is 0.216 e. The van der Waals surface area contributed by atoms with Crippen molar-refractivity contribution in [2.45, 2.75) is 0 Å². The number of hydrogen-bond acceptors (Lipinski definition) is 8. The average Bonchev–Trinajstić information content (AvgIpc) is 3.28. The van der Waals surface area contributed by atoms with Crippen LogP contribution in [0.25, 0.3) is 5.57 Å². The molecule has 0 saturated heterocycles. The van der Waals surface area contributed by atoms with Gasteiger partial charge in [0.25, 0.3) is 0 Å². The highest BCUT2D eigenvalue weighted by atomic mass is 35.5. The molecule has 0 unspecified atom stereocenters. The number of allylic oxidation sites excluding steroid dienone is 1. The Labute approximate surface area is 169 Å². The van der Waals surface area contributed by atoms with Crippen LogP contribution in [0, 0.1) is 11.3 Å². The molecule has 1 aliphatic rings. The Balaban J connectivity index is 1.77. The largest absolute Gasteiger partial charge is 0.486 e. The summed E-state index contributed by atoms with van der Waals surface area (Å²) < 4.78 is 11.2. The van der Waals surface area contributed by atoms with Crippen LogP contribution in [-0.2, 0) is 0 Å². The molecule has 0 fully saturated rings. The van der Waals surface area contributed by atoms with Gasteiger partial charge < -0.3 is 14.8 Å². The van der Waals surface area contributed by atoms with Crippen molar-refractivity contribution < 1.29 is 14.3 Å². The van der Waals surface area contributed by atoms with Crippen LogP contribution in [0.1, 0.15) is 21.7 Å². The molecule has 2 heterocycles. The predicted molar refractivity (Wildman–Crippen MR) is 104 cm³/mol. The Morgan fingerprint density at radius 3 is 2.66 bits per heavy atom. The van der Waals surface area contributed by atoms with Crippen molar-refractivity contribution in [3.05, 3.63) is 64.6 Å². The molecule has 144 valence electrons. The standard InChI is InChI=1S/C19H13ClN6O3/c20-14-4-2-1-3-12(14)18(27)13-7-16-17(29-6-5-28-16)8-15(13)22-10-11(9-21)19-23-25-26-24-19/h1-4,7-8,10,22H,5-6H2,(H,23,24,25,26). The summed E-state index contributed by atoms with van der Waals surface area (Å²) >= 11 is 6.20. The fraction of sp³-hybridized carbons (Fsp3) is 0.105. The monoisotopic (exact) mass is 408 g/mol. The summed E-state index contributed by atoms with van der Waals surface area (Å²) in [5.41, 5.74) is 1.20. The number of hydrogen-bond donors (Lipinski definition) is 2. The zero-order chi connectivity index (χ0) is 20.2. The number of aromatic amines is 1. The number of ether oxygens (including phenoxy) is 2.